The van der Waals surface area contributed by atoms with Crippen molar-refractivity contribution in [3.63, 3.8) is 0 Å². The lowest BCUT2D eigenvalue weighted by atomic mass is 9.92. The summed E-state index contributed by atoms with van der Waals surface area (Å²) < 4.78 is 26.8. The number of hydrogen-bond donors (Lipinski definition) is 1. The van der Waals surface area contributed by atoms with Crippen molar-refractivity contribution in [1.82, 2.24) is 5.32 Å². The molecule has 0 aromatic heterocycles. The fraction of sp³-hybridized carbons (Fsp3) is 0.294. The zero-order chi connectivity index (χ0) is 14.7. The summed E-state index contributed by atoms with van der Waals surface area (Å²) in [6.07, 6.45) is 0. The first-order chi connectivity index (χ1) is 9.52. The van der Waals surface area contributed by atoms with Gasteiger partial charge < -0.3 is 5.32 Å². The third kappa shape index (κ3) is 3.05. The molecule has 1 N–H and O–H groups in total. The highest BCUT2D eigenvalue weighted by atomic mass is 19.1. The van der Waals surface area contributed by atoms with Crippen LogP contribution in [-0.2, 0) is 0 Å². The number of benzene rings is 2. The summed E-state index contributed by atoms with van der Waals surface area (Å²) in [6, 6.07) is 9.37. The standard InChI is InChI=1S/C17H19F2N/c1-4-20-17(15-8-7-13(18)9-12(15)3)16-10-14(19)6-5-11(16)2/h5-10,17,20H,4H2,1-3H3. The molecule has 0 aliphatic carbocycles. The quantitative estimate of drug-likeness (QED) is 0.878. The van der Waals surface area contributed by atoms with Crippen LogP contribution in [0.2, 0.25) is 0 Å². The van der Waals surface area contributed by atoms with Crippen molar-refractivity contribution in [1.29, 1.82) is 0 Å². The van der Waals surface area contributed by atoms with Crippen LogP contribution in [0, 0.1) is 25.5 Å². The molecular weight excluding hydrogens is 256 g/mol. The average Bonchev–Trinajstić information content (AvgIpc) is 2.40. The molecule has 0 radical (unpaired) electrons. The molecule has 2 aromatic carbocycles. The van der Waals surface area contributed by atoms with Crippen molar-refractivity contribution in [2.24, 2.45) is 0 Å². The molecule has 0 fully saturated rings. The topological polar surface area (TPSA) is 12.0 Å². The van der Waals surface area contributed by atoms with Gasteiger partial charge in [0.1, 0.15) is 11.6 Å². The Morgan fingerprint density at radius 3 is 2.20 bits per heavy atom. The van der Waals surface area contributed by atoms with E-state index in [0.717, 1.165) is 28.8 Å². The second-order valence-corrected chi connectivity index (χ2v) is 4.99. The zero-order valence-electron chi connectivity index (χ0n) is 12.0. The highest BCUT2D eigenvalue weighted by molar-refractivity contribution is 5.40. The maximum absolute atomic E-state index is 13.5. The molecule has 1 nitrogen and oxygen atoms in total. The Morgan fingerprint density at radius 1 is 0.900 bits per heavy atom. The van der Waals surface area contributed by atoms with Gasteiger partial charge in [-0.1, -0.05) is 19.1 Å². The number of hydrogen-bond acceptors (Lipinski definition) is 1. The van der Waals surface area contributed by atoms with Crippen LogP contribution in [0.5, 0.6) is 0 Å². The molecule has 0 bridgehead atoms. The maximum atomic E-state index is 13.5. The van der Waals surface area contributed by atoms with Gasteiger partial charge in [0.15, 0.2) is 0 Å². The van der Waals surface area contributed by atoms with Crippen LogP contribution in [0.25, 0.3) is 0 Å². The van der Waals surface area contributed by atoms with Crippen molar-refractivity contribution in [2.45, 2.75) is 26.8 Å². The first kappa shape index (κ1) is 14.7. The molecule has 1 atom stereocenters. The number of rotatable bonds is 4. The lowest BCUT2D eigenvalue weighted by Crippen LogP contribution is -2.23. The minimum atomic E-state index is -0.256. The Hall–Kier alpha value is -1.74. The Labute approximate surface area is 118 Å². The predicted molar refractivity (Wildman–Crippen MR) is 77.8 cm³/mol. The molecule has 1 unspecified atom stereocenters. The molecule has 0 saturated heterocycles. The molecule has 20 heavy (non-hydrogen) atoms. The summed E-state index contributed by atoms with van der Waals surface area (Å²) in [5, 5.41) is 3.35. The Bertz CT molecular complexity index is 608. The molecule has 2 aromatic rings. The normalized spacial score (nSPS) is 12.4. The molecule has 3 heteroatoms. The SMILES string of the molecule is CCNC(c1ccc(F)cc1C)c1cc(F)ccc1C. The third-order valence-corrected chi connectivity index (χ3v) is 3.50. The van der Waals surface area contributed by atoms with Crippen molar-refractivity contribution >= 4 is 0 Å². The summed E-state index contributed by atoms with van der Waals surface area (Å²) in [5.41, 5.74) is 3.74. The largest absolute Gasteiger partial charge is 0.307 e. The highest BCUT2D eigenvalue weighted by Gasteiger charge is 2.18. The van der Waals surface area contributed by atoms with Crippen LogP contribution in [-0.4, -0.2) is 6.54 Å². The number of nitrogens with one attached hydrogen (secondary N) is 1. The van der Waals surface area contributed by atoms with E-state index in [1.165, 1.54) is 18.2 Å². The van der Waals surface area contributed by atoms with Crippen molar-refractivity contribution in [3.05, 3.63) is 70.3 Å². The van der Waals surface area contributed by atoms with Gasteiger partial charge in [0, 0.05) is 0 Å². The van der Waals surface area contributed by atoms with Gasteiger partial charge in [0.2, 0.25) is 0 Å². The zero-order valence-corrected chi connectivity index (χ0v) is 12.0. The van der Waals surface area contributed by atoms with Gasteiger partial charge in [-0.3, -0.25) is 0 Å². The molecule has 0 spiro atoms. The average molecular weight is 275 g/mol. The van der Waals surface area contributed by atoms with Gasteiger partial charge in [-0.15, -0.1) is 0 Å². The molecule has 0 heterocycles. The summed E-state index contributed by atoms with van der Waals surface area (Å²) in [5.74, 6) is -0.509. The third-order valence-electron chi connectivity index (χ3n) is 3.50. The molecule has 0 aliphatic rings. The predicted octanol–water partition coefficient (Wildman–Crippen LogP) is 4.28. The number of aryl methyl sites for hydroxylation is 2. The van der Waals surface area contributed by atoms with Gasteiger partial charge in [0.05, 0.1) is 6.04 Å². The van der Waals surface area contributed by atoms with E-state index in [-0.39, 0.29) is 17.7 Å². The minimum Gasteiger partial charge on any atom is -0.307 e. The van der Waals surface area contributed by atoms with E-state index < -0.39 is 0 Å². The lowest BCUT2D eigenvalue weighted by Gasteiger charge is -2.23. The van der Waals surface area contributed by atoms with Crippen LogP contribution in [0.3, 0.4) is 0 Å². The summed E-state index contributed by atoms with van der Waals surface area (Å²) in [6.45, 7) is 6.58. The Kier molecular flexibility index (Phi) is 4.50. The van der Waals surface area contributed by atoms with E-state index in [1.54, 1.807) is 18.2 Å². The monoisotopic (exact) mass is 275 g/mol. The fourth-order valence-corrected chi connectivity index (χ4v) is 2.48. The van der Waals surface area contributed by atoms with E-state index >= 15 is 0 Å². The Balaban J connectivity index is 2.53. The Morgan fingerprint density at radius 2 is 1.55 bits per heavy atom. The van der Waals surface area contributed by atoms with Gasteiger partial charge in [-0.05, 0) is 66.9 Å². The van der Waals surface area contributed by atoms with Crippen molar-refractivity contribution in [3.8, 4) is 0 Å². The minimum absolute atomic E-state index is 0.128. The lowest BCUT2D eigenvalue weighted by molar-refractivity contribution is 0.594. The smallest absolute Gasteiger partial charge is 0.123 e. The van der Waals surface area contributed by atoms with Gasteiger partial charge in [0.25, 0.3) is 0 Å². The molecular formula is C17H19F2N. The van der Waals surface area contributed by atoms with E-state index in [1.807, 2.05) is 20.8 Å². The molecule has 0 aliphatic heterocycles. The summed E-state index contributed by atoms with van der Waals surface area (Å²) in [4.78, 5) is 0. The van der Waals surface area contributed by atoms with Crippen molar-refractivity contribution in [2.75, 3.05) is 6.54 Å². The van der Waals surface area contributed by atoms with Gasteiger partial charge >= 0.3 is 0 Å². The second kappa shape index (κ2) is 6.14. The second-order valence-electron chi connectivity index (χ2n) is 4.99. The number of halogens is 2. The van der Waals surface area contributed by atoms with E-state index in [9.17, 15) is 8.78 Å². The molecule has 106 valence electrons. The molecule has 0 amide bonds. The van der Waals surface area contributed by atoms with Crippen LogP contribution < -0.4 is 5.32 Å². The van der Waals surface area contributed by atoms with Crippen molar-refractivity contribution < 1.29 is 8.78 Å². The molecule has 0 saturated carbocycles. The summed E-state index contributed by atoms with van der Waals surface area (Å²) >= 11 is 0. The van der Waals surface area contributed by atoms with Gasteiger partial charge in [-0.2, -0.15) is 0 Å². The maximum Gasteiger partial charge on any atom is 0.123 e. The van der Waals surface area contributed by atoms with Gasteiger partial charge in [-0.25, -0.2) is 8.78 Å². The van der Waals surface area contributed by atoms with E-state index in [4.69, 9.17) is 0 Å². The van der Waals surface area contributed by atoms with Crippen LogP contribution in [0.15, 0.2) is 36.4 Å². The van der Waals surface area contributed by atoms with Crippen LogP contribution in [0.4, 0.5) is 8.78 Å². The van der Waals surface area contributed by atoms with Crippen LogP contribution in [0.1, 0.15) is 35.2 Å². The summed E-state index contributed by atoms with van der Waals surface area (Å²) in [7, 11) is 0. The fourth-order valence-electron chi connectivity index (χ4n) is 2.48. The molecule has 2 rings (SSSR count). The van der Waals surface area contributed by atoms with E-state index in [2.05, 4.69) is 5.32 Å². The van der Waals surface area contributed by atoms with Crippen LogP contribution >= 0.6 is 0 Å². The highest BCUT2D eigenvalue weighted by Crippen LogP contribution is 2.28. The first-order valence-corrected chi connectivity index (χ1v) is 6.78. The first-order valence-electron chi connectivity index (χ1n) is 6.78. The van der Waals surface area contributed by atoms with E-state index in [0.29, 0.717) is 0 Å².